The predicted molar refractivity (Wildman–Crippen MR) is 123 cm³/mol. The molecule has 35 heavy (non-hydrogen) atoms. The Bertz CT molecular complexity index is 1050. The van der Waals surface area contributed by atoms with Crippen LogP contribution in [0.25, 0.3) is 0 Å². The molecule has 3 heterocycles. The Kier molecular flexibility index (Phi) is 6.79. The zero-order chi connectivity index (χ0) is 24.4. The predicted octanol–water partition coefficient (Wildman–Crippen LogP) is 4.01. The number of benzene rings is 1. The number of amides is 1. The van der Waals surface area contributed by atoms with E-state index in [2.05, 4.69) is 24.9 Å². The highest BCUT2D eigenvalue weighted by Gasteiger charge is 2.33. The average molecular weight is 494 g/mol. The van der Waals surface area contributed by atoms with Crippen LogP contribution in [-0.4, -0.2) is 71.1 Å². The quantitative estimate of drug-likeness (QED) is 0.625. The van der Waals surface area contributed by atoms with E-state index in [1.165, 1.54) is 24.5 Å². The molecule has 1 N–H and O–H groups in total. The van der Waals surface area contributed by atoms with Crippen LogP contribution in [0.4, 0.5) is 19.1 Å². The first-order valence-electron chi connectivity index (χ1n) is 11.9. The van der Waals surface area contributed by atoms with E-state index in [0.29, 0.717) is 49.5 Å². The summed E-state index contributed by atoms with van der Waals surface area (Å²) in [6.45, 7) is 3.84. The molecular formula is C24H30F3N5O3. The van der Waals surface area contributed by atoms with E-state index in [4.69, 9.17) is 4.74 Å². The van der Waals surface area contributed by atoms with E-state index in [-0.39, 0.29) is 25.5 Å². The van der Waals surface area contributed by atoms with Crippen molar-refractivity contribution in [1.82, 2.24) is 19.8 Å². The van der Waals surface area contributed by atoms with Crippen molar-refractivity contribution in [3.05, 3.63) is 47.3 Å². The molecule has 3 aliphatic rings. The number of anilines is 1. The van der Waals surface area contributed by atoms with Crippen LogP contribution >= 0.6 is 0 Å². The summed E-state index contributed by atoms with van der Waals surface area (Å²) in [4.78, 5) is 25.7. The molecule has 1 saturated carbocycles. The number of nitrogens with one attached hydrogen (secondary N) is 1. The first kappa shape index (κ1) is 23.8. The number of ether oxygens (including phenoxy) is 2. The molecule has 1 aromatic heterocycles. The van der Waals surface area contributed by atoms with E-state index in [1.54, 1.807) is 0 Å². The monoisotopic (exact) mass is 493 g/mol. The second-order valence-electron chi connectivity index (χ2n) is 9.30. The van der Waals surface area contributed by atoms with E-state index < -0.39 is 6.36 Å². The lowest BCUT2D eigenvalue weighted by Gasteiger charge is -2.38. The number of carbonyl (C=O) groups excluding carboxylic acids is 1. The molecule has 2 aliphatic heterocycles. The number of aromatic nitrogens is 2. The molecule has 2 aromatic rings. The largest absolute Gasteiger partial charge is 0.573 e. The fourth-order valence-electron chi connectivity index (χ4n) is 4.40. The van der Waals surface area contributed by atoms with Crippen molar-refractivity contribution in [2.45, 2.75) is 50.6 Å². The van der Waals surface area contributed by atoms with Crippen LogP contribution in [-0.2, 0) is 11.3 Å². The van der Waals surface area contributed by atoms with Gasteiger partial charge >= 0.3 is 6.36 Å². The molecule has 0 radical (unpaired) electrons. The highest BCUT2D eigenvalue weighted by atomic mass is 19.4. The Balaban J connectivity index is 0.00000304. The SMILES string of the molecule is O=C(c1cnc(NCc2cc(OC(F)(F)F)cc(C3CC3)c2)nc1)N1CCCCN(C2COC2)C1.[HH]. The molecule has 5 rings (SSSR count). The fourth-order valence-corrected chi connectivity index (χ4v) is 4.40. The van der Waals surface area contributed by atoms with Crippen LogP contribution in [0.15, 0.2) is 30.6 Å². The van der Waals surface area contributed by atoms with Crippen molar-refractivity contribution in [2.75, 3.05) is 38.3 Å². The molecule has 1 aromatic carbocycles. The molecule has 1 amide bonds. The summed E-state index contributed by atoms with van der Waals surface area (Å²) in [5, 5.41) is 3.02. The molecular weight excluding hydrogens is 463 g/mol. The lowest BCUT2D eigenvalue weighted by atomic mass is 10.1. The summed E-state index contributed by atoms with van der Waals surface area (Å²) >= 11 is 0. The minimum Gasteiger partial charge on any atom is -0.406 e. The molecule has 3 fully saturated rings. The maximum atomic E-state index is 13.0. The van der Waals surface area contributed by atoms with Crippen LogP contribution in [0, 0.1) is 0 Å². The van der Waals surface area contributed by atoms with Crippen molar-refractivity contribution in [1.29, 1.82) is 0 Å². The highest BCUT2D eigenvalue weighted by molar-refractivity contribution is 5.93. The lowest BCUT2D eigenvalue weighted by Crippen LogP contribution is -2.53. The highest BCUT2D eigenvalue weighted by Crippen LogP contribution is 2.42. The smallest absolute Gasteiger partial charge is 0.406 e. The van der Waals surface area contributed by atoms with Crippen LogP contribution in [0.2, 0.25) is 0 Å². The van der Waals surface area contributed by atoms with Gasteiger partial charge in [-0.3, -0.25) is 9.69 Å². The standard InChI is InChI=1S/C24H28F3N5O3.H2/c25-24(26,27)35-21-8-16(7-18(9-21)17-3-4-17)10-28-23-29-11-19(12-30-23)22(33)32-6-2-1-5-31(15-32)20-13-34-14-20;/h7-9,11-12,17,20H,1-6,10,13-15H2,(H,28,29,30);1H. The summed E-state index contributed by atoms with van der Waals surface area (Å²) in [6, 6.07) is 5.06. The van der Waals surface area contributed by atoms with E-state index >= 15 is 0 Å². The minimum atomic E-state index is -4.74. The van der Waals surface area contributed by atoms with Crippen molar-refractivity contribution in [3.63, 3.8) is 0 Å². The van der Waals surface area contributed by atoms with Gasteiger partial charge in [0.05, 0.1) is 31.5 Å². The summed E-state index contributed by atoms with van der Waals surface area (Å²) < 4.78 is 47.6. The number of carbonyl (C=O) groups is 1. The second kappa shape index (κ2) is 9.98. The normalized spacial score (nSPS) is 19.7. The van der Waals surface area contributed by atoms with Crippen LogP contribution in [0.5, 0.6) is 5.75 Å². The lowest BCUT2D eigenvalue weighted by molar-refractivity contribution is -0.274. The molecule has 2 saturated heterocycles. The maximum absolute atomic E-state index is 13.0. The molecule has 0 bridgehead atoms. The van der Waals surface area contributed by atoms with Gasteiger partial charge < -0.3 is 19.7 Å². The summed E-state index contributed by atoms with van der Waals surface area (Å²) in [7, 11) is 0. The van der Waals surface area contributed by atoms with Crippen LogP contribution in [0.3, 0.4) is 0 Å². The average Bonchev–Trinajstić information content (AvgIpc) is 3.63. The molecule has 0 unspecified atom stereocenters. The molecule has 190 valence electrons. The molecule has 1 aliphatic carbocycles. The van der Waals surface area contributed by atoms with Crippen molar-refractivity contribution in [2.24, 2.45) is 0 Å². The van der Waals surface area contributed by atoms with Crippen molar-refractivity contribution < 1.29 is 28.9 Å². The topological polar surface area (TPSA) is 79.8 Å². The van der Waals surface area contributed by atoms with E-state index in [1.807, 2.05) is 11.0 Å². The van der Waals surface area contributed by atoms with Gasteiger partial charge in [0.2, 0.25) is 5.95 Å². The van der Waals surface area contributed by atoms with Gasteiger partial charge in [0.25, 0.3) is 5.91 Å². The molecule has 0 atom stereocenters. The van der Waals surface area contributed by atoms with E-state index in [9.17, 15) is 18.0 Å². The Labute approximate surface area is 202 Å². The second-order valence-corrected chi connectivity index (χ2v) is 9.30. The van der Waals surface area contributed by atoms with Gasteiger partial charge in [-0.25, -0.2) is 9.97 Å². The van der Waals surface area contributed by atoms with Crippen LogP contribution in [0.1, 0.15) is 54.5 Å². The third kappa shape index (κ3) is 6.21. The fraction of sp³-hybridized carbons (Fsp3) is 0.542. The third-order valence-corrected chi connectivity index (χ3v) is 6.52. The molecule has 11 heteroatoms. The van der Waals surface area contributed by atoms with Gasteiger partial charge in [0.1, 0.15) is 5.75 Å². The van der Waals surface area contributed by atoms with Gasteiger partial charge in [-0.2, -0.15) is 0 Å². The maximum Gasteiger partial charge on any atom is 0.573 e. The number of alkyl halides is 3. The zero-order valence-electron chi connectivity index (χ0n) is 19.3. The Hall–Kier alpha value is -2.92. The number of rotatable bonds is 7. The summed E-state index contributed by atoms with van der Waals surface area (Å²) in [5.74, 6) is 0.231. The Morgan fingerprint density at radius 3 is 2.54 bits per heavy atom. The summed E-state index contributed by atoms with van der Waals surface area (Å²) in [6.07, 6.45) is 2.13. The third-order valence-electron chi connectivity index (χ3n) is 6.52. The first-order chi connectivity index (χ1) is 16.8. The van der Waals surface area contributed by atoms with E-state index in [0.717, 1.165) is 37.8 Å². The summed E-state index contributed by atoms with van der Waals surface area (Å²) in [5.41, 5.74) is 1.88. The molecule has 0 spiro atoms. The van der Waals surface area contributed by atoms with Gasteiger partial charge in [-0.15, -0.1) is 13.2 Å². The van der Waals surface area contributed by atoms with Gasteiger partial charge in [0, 0.05) is 33.5 Å². The molecule has 8 nitrogen and oxygen atoms in total. The number of hydrogen-bond acceptors (Lipinski definition) is 7. The Morgan fingerprint density at radius 1 is 1.14 bits per heavy atom. The Morgan fingerprint density at radius 2 is 1.89 bits per heavy atom. The van der Waals surface area contributed by atoms with Crippen LogP contribution < -0.4 is 10.1 Å². The van der Waals surface area contributed by atoms with Crippen molar-refractivity contribution in [3.8, 4) is 5.75 Å². The first-order valence-corrected chi connectivity index (χ1v) is 11.9. The van der Waals surface area contributed by atoms with Crippen molar-refractivity contribution >= 4 is 11.9 Å². The zero-order valence-corrected chi connectivity index (χ0v) is 19.3. The van der Waals surface area contributed by atoms with Gasteiger partial charge in [-0.05, 0) is 54.9 Å². The number of hydrogen-bond donors (Lipinski definition) is 1. The number of halogens is 3. The minimum absolute atomic E-state index is 0. The number of nitrogens with zero attached hydrogens (tertiary/aromatic N) is 4. The van der Waals surface area contributed by atoms with Gasteiger partial charge in [-0.1, -0.05) is 6.07 Å². The van der Waals surface area contributed by atoms with Gasteiger partial charge in [0.15, 0.2) is 0 Å².